The summed E-state index contributed by atoms with van der Waals surface area (Å²) in [6, 6.07) is 3.06. The molecule has 1 aliphatic rings. The number of nitrogens with zero attached hydrogens (tertiary/aromatic N) is 4. The Morgan fingerprint density at radius 3 is 2.85 bits per heavy atom. The molecule has 0 amide bonds. The van der Waals surface area contributed by atoms with Crippen LogP contribution in [-0.2, 0) is 6.54 Å². The Kier molecular flexibility index (Phi) is 3.61. The molecule has 1 saturated carbocycles. The molecule has 0 aliphatic heterocycles. The molecular formula is C15H23N5. The third-order valence-corrected chi connectivity index (χ3v) is 4.00. The van der Waals surface area contributed by atoms with Crippen molar-refractivity contribution in [1.82, 2.24) is 24.6 Å². The lowest BCUT2D eigenvalue weighted by atomic mass is 10.1. The SMILES string of the molecule is CNC(c1ccn(Cc2ncnn2C(C)C)c1)C1CC1. The van der Waals surface area contributed by atoms with E-state index in [2.05, 4.69) is 59.3 Å². The van der Waals surface area contributed by atoms with Gasteiger partial charge in [-0.05, 0) is 51.3 Å². The summed E-state index contributed by atoms with van der Waals surface area (Å²) in [4.78, 5) is 4.37. The van der Waals surface area contributed by atoms with E-state index in [-0.39, 0.29) is 0 Å². The summed E-state index contributed by atoms with van der Waals surface area (Å²) in [5, 5.41) is 7.72. The summed E-state index contributed by atoms with van der Waals surface area (Å²) in [5.74, 6) is 1.82. The standard InChI is InChI=1S/C15H23N5/c1-11(2)20-14(17-10-18-20)9-19-7-6-13(8-19)15(16-3)12-4-5-12/h6-8,10-12,15-16H,4-5,9H2,1-3H3. The van der Waals surface area contributed by atoms with E-state index in [1.807, 2.05) is 4.68 Å². The fourth-order valence-electron chi connectivity index (χ4n) is 2.83. The summed E-state index contributed by atoms with van der Waals surface area (Å²) >= 11 is 0. The van der Waals surface area contributed by atoms with Gasteiger partial charge in [-0.3, -0.25) is 0 Å². The second-order valence-corrected chi connectivity index (χ2v) is 5.94. The average molecular weight is 273 g/mol. The Morgan fingerprint density at radius 2 is 2.20 bits per heavy atom. The van der Waals surface area contributed by atoms with Crippen LogP contribution in [0, 0.1) is 5.92 Å². The van der Waals surface area contributed by atoms with Gasteiger partial charge in [0, 0.05) is 24.5 Å². The molecule has 2 aromatic rings. The quantitative estimate of drug-likeness (QED) is 0.879. The number of hydrogen-bond acceptors (Lipinski definition) is 3. The van der Waals surface area contributed by atoms with Crippen molar-refractivity contribution in [1.29, 1.82) is 0 Å². The monoisotopic (exact) mass is 273 g/mol. The second kappa shape index (κ2) is 5.40. The molecule has 1 unspecified atom stereocenters. The minimum absolute atomic E-state index is 0.346. The van der Waals surface area contributed by atoms with Crippen molar-refractivity contribution in [2.75, 3.05) is 7.05 Å². The van der Waals surface area contributed by atoms with Crippen LogP contribution in [0.3, 0.4) is 0 Å². The molecule has 108 valence electrons. The summed E-state index contributed by atoms with van der Waals surface area (Å²) in [6.45, 7) is 5.03. The Labute approximate surface area is 120 Å². The van der Waals surface area contributed by atoms with Crippen molar-refractivity contribution in [3.63, 3.8) is 0 Å². The van der Waals surface area contributed by atoms with Gasteiger partial charge in [-0.15, -0.1) is 0 Å². The predicted molar refractivity (Wildman–Crippen MR) is 78.5 cm³/mol. The molecular weight excluding hydrogens is 250 g/mol. The van der Waals surface area contributed by atoms with Gasteiger partial charge in [-0.2, -0.15) is 5.10 Å². The van der Waals surface area contributed by atoms with Crippen molar-refractivity contribution in [3.05, 3.63) is 36.2 Å². The van der Waals surface area contributed by atoms with Gasteiger partial charge in [0.2, 0.25) is 0 Å². The smallest absolute Gasteiger partial charge is 0.147 e. The number of aromatic nitrogens is 4. The zero-order valence-electron chi connectivity index (χ0n) is 12.5. The van der Waals surface area contributed by atoms with Gasteiger partial charge in [0.1, 0.15) is 12.2 Å². The van der Waals surface area contributed by atoms with Crippen LogP contribution in [0.5, 0.6) is 0 Å². The van der Waals surface area contributed by atoms with Crippen molar-refractivity contribution in [2.24, 2.45) is 5.92 Å². The van der Waals surface area contributed by atoms with E-state index in [4.69, 9.17) is 0 Å². The highest BCUT2D eigenvalue weighted by atomic mass is 15.4. The van der Waals surface area contributed by atoms with E-state index in [1.54, 1.807) is 6.33 Å². The van der Waals surface area contributed by atoms with E-state index in [0.717, 1.165) is 18.3 Å². The Bertz CT molecular complexity index is 564. The molecule has 20 heavy (non-hydrogen) atoms. The number of hydrogen-bond donors (Lipinski definition) is 1. The topological polar surface area (TPSA) is 47.7 Å². The first-order valence-electron chi connectivity index (χ1n) is 7.40. The highest BCUT2D eigenvalue weighted by molar-refractivity contribution is 5.18. The summed E-state index contributed by atoms with van der Waals surface area (Å²) in [5.41, 5.74) is 1.38. The molecule has 0 spiro atoms. The van der Waals surface area contributed by atoms with Crippen LogP contribution in [0.4, 0.5) is 0 Å². The molecule has 2 aromatic heterocycles. The van der Waals surface area contributed by atoms with Gasteiger partial charge in [-0.25, -0.2) is 9.67 Å². The van der Waals surface area contributed by atoms with Gasteiger partial charge >= 0.3 is 0 Å². The summed E-state index contributed by atoms with van der Waals surface area (Å²) in [6.07, 6.45) is 8.71. The van der Waals surface area contributed by atoms with Crippen molar-refractivity contribution in [3.8, 4) is 0 Å². The molecule has 1 atom stereocenters. The molecule has 2 heterocycles. The lowest BCUT2D eigenvalue weighted by Crippen LogP contribution is -2.17. The normalized spacial score (nSPS) is 16.8. The Morgan fingerprint density at radius 1 is 1.40 bits per heavy atom. The van der Waals surface area contributed by atoms with Gasteiger partial charge in [0.05, 0.1) is 6.54 Å². The molecule has 3 rings (SSSR count). The molecule has 1 aliphatic carbocycles. The average Bonchev–Trinajstić information content (AvgIpc) is 2.97. The minimum atomic E-state index is 0.346. The highest BCUT2D eigenvalue weighted by Crippen LogP contribution is 2.40. The number of rotatable bonds is 6. The maximum Gasteiger partial charge on any atom is 0.147 e. The summed E-state index contributed by atoms with van der Waals surface area (Å²) in [7, 11) is 2.05. The minimum Gasteiger partial charge on any atom is -0.346 e. The summed E-state index contributed by atoms with van der Waals surface area (Å²) < 4.78 is 4.18. The third kappa shape index (κ3) is 2.63. The fourth-order valence-corrected chi connectivity index (χ4v) is 2.83. The van der Waals surface area contributed by atoms with Crippen LogP contribution in [0.25, 0.3) is 0 Å². The van der Waals surface area contributed by atoms with Crippen molar-refractivity contribution >= 4 is 0 Å². The van der Waals surface area contributed by atoms with Crippen LogP contribution in [0.1, 0.15) is 50.2 Å². The first kappa shape index (κ1) is 13.4. The lowest BCUT2D eigenvalue weighted by Gasteiger charge is -2.13. The fraction of sp³-hybridized carbons (Fsp3) is 0.600. The van der Waals surface area contributed by atoms with Crippen molar-refractivity contribution < 1.29 is 0 Å². The largest absolute Gasteiger partial charge is 0.346 e. The van der Waals surface area contributed by atoms with E-state index in [1.165, 1.54) is 18.4 Å². The molecule has 5 heteroatoms. The van der Waals surface area contributed by atoms with Gasteiger partial charge < -0.3 is 9.88 Å². The molecule has 5 nitrogen and oxygen atoms in total. The predicted octanol–water partition coefficient (Wildman–Crippen LogP) is 2.38. The first-order chi connectivity index (χ1) is 9.69. The molecule has 0 aromatic carbocycles. The van der Waals surface area contributed by atoms with E-state index < -0.39 is 0 Å². The van der Waals surface area contributed by atoms with Crippen molar-refractivity contribution in [2.45, 2.75) is 45.3 Å². The van der Waals surface area contributed by atoms with Gasteiger partial charge in [0.15, 0.2) is 0 Å². The zero-order chi connectivity index (χ0) is 14.1. The lowest BCUT2D eigenvalue weighted by molar-refractivity contribution is 0.495. The Hall–Kier alpha value is -1.62. The molecule has 0 radical (unpaired) electrons. The molecule has 1 fully saturated rings. The van der Waals surface area contributed by atoms with Crippen LogP contribution >= 0.6 is 0 Å². The zero-order valence-corrected chi connectivity index (χ0v) is 12.5. The number of nitrogens with one attached hydrogen (secondary N) is 1. The molecule has 0 bridgehead atoms. The van der Waals surface area contributed by atoms with Crippen LogP contribution < -0.4 is 5.32 Å². The third-order valence-electron chi connectivity index (χ3n) is 4.00. The van der Waals surface area contributed by atoms with E-state index in [9.17, 15) is 0 Å². The van der Waals surface area contributed by atoms with Crippen LogP contribution in [0.15, 0.2) is 24.8 Å². The van der Waals surface area contributed by atoms with E-state index >= 15 is 0 Å². The van der Waals surface area contributed by atoms with Gasteiger partial charge in [0.25, 0.3) is 0 Å². The van der Waals surface area contributed by atoms with Crippen LogP contribution in [-0.4, -0.2) is 26.4 Å². The highest BCUT2D eigenvalue weighted by Gasteiger charge is 2.31. The maximum atomic E-state index is 4.37. The van der Waals surface area contributed by atoms with Gasteiger partial charge in [-0.1, -0.05) is 0 Å². The van der Waals surface area contributed by atoms with Crippen LogP contribution in [0.2, 0.25) is 0 Å². The Balaban J connectivity index is 1.75. The second-order valence-electron chi connectivity index (χ2n) is 5.94. The first-order valence-corrected chi connectivity index (χ1v) is 7.40. The molecule has 1 N–H and O–H groups in total. The van der Waals surface area contributed by atoms with E-state index in [0.29, 0.717) is 12.1 Å². The maximum absolute atomic E-state index is 4.37. The molecule has 0 saturated heterocycles.